The fraction of sp³-hybridized carbons (Fsp3) is 0.400. The van der Waals surface area contributed by atoms with Crippen LogP contribution in [0.3, 0.4) is 0 Å². The fourth-order valence-corrected chi connectivity index (χ4v) is 3.20. The number of halogens is 1. The molecule has 0 bridgehead atoms. The van der Waals surface area contributed by atoms with Crippen molar-refractivity contribution in [2.75, 3.05) is 5.75 Å². The van der Waals surface area contributed by atoms with Gasteiger partial charge >= 0.3 is 0 Å². The van der Waals surface area contributed by atoms with Crippen LogP contribution in [-0.4, -0.2) is 26.4 Å². The summed E-state index contributed by atoms with van der Waals surface area (Å²) in [6.07, 6.45) is 4.08. The van der Waals surface area contributed by atoms with E-state index in [4.69, 9.17) is 11.6 Å². The molecule has 1 heterocycles. The minimum atomic E-state index is -0.0758. The molecular weight excluding hydrogens is 320 g/mol. The quantitative estimate of drug-likeness (QED) is 0.823. The number of hydrogen-bond acceptors (Lipinski definition) is 4. The van der Waals surface area contributed by atoms with Crippen molar-refractivity contribution in [2.24, 2.45) is 0 Å². The molecule has 22 heavy (non-hydrogen) atoms. The number of benzene rings is 1. The first-order chi connectivity index (χ1) is 10.6. The number of nitrogens with zero attached hydrogens (tertiary/aromatic N) is 3. The van der Waals surface area contributed by atoms with Gasteiger partial charge in [-0.25, -0.2) is 0 Å². The minimum Gasteiger partial charge on any atom is -0.349 e. The van der Waals surface area contributed by atoms with E-state index in [-0.39, 0.29) is 11.9 Å². The van der Waals surface area contributed by atoms with Crippen molar-refractivity contribution in [3.8, 4) is 0 Å². The zero-order chi connectivity index (χ0) is 15.5. The third kappa shape index (κ3) is 3.81. The molecule has 2 aromatic rings. The highest BCUT2D eigenvalue weighted by atomic mass is 35.5. The van der Waals surface area contributed by atoms with Crippen LogP contribution in [0, 0.1) is 0 Å². The first-order valence-corrected chi connectivity index (χ1v) is 8.57. The molecule has 3 rings (SSSR count). The number of amides is 1. The molecule has 1 saturated carbocycles. The van der Waals surface area contributed by atoms with Gasteiger partial charge in [-0.2, -0.15) is 0 Å². The molecule has 1 fully saturated rings. The van der Waals surface area contributed by atoms with Crippen LogP contribution in [0.5, 0.6) is 0 Å². The summed E-state index contributed by atoms with van der Waals surface area (Å²) in [5.41, 5.74) is 0.993. The Morgan fingerprint density at radius 2 is 2.36 bits per heavy atom. The lowest BCUT2D eigenvalue weighted by Gasteiger charge is -2.14. The molecule has 1 aromatic carbocycles. The molecular formula is C15H17ClN4OS. The number of rotatable bonds is 6. The predicted molar refractivity (Wildman–Crippen MR) is 87.0 cm³/mol. The summed E-state index contributed by atoms with van der Waals surface area (Å²) in [5.74, 6) is 0.305. The van der Waals surface area contributed by atoms with Crippen molar-refractivity contribution < 1.29 is 4.79 Å². The summed E-state index contributed by atoms with van der Waals surface area (Å²) in [4.78, 5) is 12.1. The van der Waals surface area contributed by atoms with Crippen molar-refractivity contribution >= 4 is 29.3 Å². The number of nitrogens with one attached hydrogen (secondary N) is 1. The van der Waals surface area contributed by atoms with E-state index in [1.54, 1.807) is 6.33 Å². The lowest BCUT2D eigenvalue weighted by atomic mass is 10.1. The van der Waals surface area contributed by atoms with Gasteiger partial charge in [0.2, 0.25) is 5.91 Å². The molecule has 1 unspecified atom stereocenters. The molecule has 0 radical (unpaired) electrons. The van der Waals surface area contributed by atoms with Crippen LogP contribution in [-0.2, 0) is 4.79 Å². The van der Waals surface area contributed by atoms with Gasteiger partial charge in [0.1, 0.15) is 6.33 Å². The molecule has 1 aromatic heterocycles. The number of thioether (sulfide) groups is 1. The summed E-state index contributed by atoms with van der Waals surface area (Å²) in [5, 5.41) is 12.5. The number of carbonyl (C=O) groups is 1. The molecule has 0 saturated heterocycles. The van der Waals surface area contributed by atoms with Crippen molar-refractivity contribution in [1.82, 2.24) is 20.1 Å². The van der Waals surface area contributed by atoms with Crippen LogP contribution < -0.4 is 5.32 Å². The highest BCUT2D eigenvalue weighted by Crippen LogP contribution is 2.37. The second-order valence-electron chi connectivity index (χ2n) is 5.38. The van der Waals surface area contributed by atoms with Crippen LogP contribution >= 0.6 is 23.4 Å². The van der Waals surface area contributed by atoms with Crippen LogP contribution in [0.1, 0.15) is 37.4 Å². The van der Waals surface area contributed by atoms with E-state index in [1.165, 1.54) is 24.6 Å². The lowest BCUT2D eigenvalue weighted by molar-refractivity contribution is -0.119. The second kappa shape index (κ2) is 6.71. The van der Waals surface area contributed by atoms with Crippen LogP contribution in [0.2, 0.25) is 5.02 Å². The highest BCUT2D eigenvalue weighted by molar-refractivity contribution is 7.99. The molecule has 5 nitrogen and oxygen atoms in total. The zero-order valence-electron chi connectivity index (χ0n) is 12.2. The second-order valence-corrected chi connectivity index (χ2v) is 6.76. The maximum Gasteiger partial charge on any atom is 0.230 e. The van der Waals surface area contributed by atoms with Gasteiger partial charge in [0, 0.05) is 11.1 Å². The molecule has 1 aliphatic carbocycles. The zero-order valence-corrected chi connectivity index (χ0v) is 13.8. The van der Waals surface area contributed by atoms with E-state index in [9.17, 15) is 4.79 Å². The van der Waals surface area contributed by atoms with Crippen LogP contribution in [0.4, 0.5) is 0 Å². The topological polar surface area (TPSA) is 59.8 Å². The van der Waals surface area contributed by atoms with Gasteiger partial charge in [0.15, 0.2) is 5.16 Å². The van der Waals surface area contributed by atoms with Gasteiger partial charge in [-0.15, -0.1) is 10.2 Å². The molecule has 1 amide bonds. The van der Waals surface area contributed by atoms with E-state index in [0.29, 0.717) is 16.8 Å². The monoisotopic (exact) mass is 336 g/mol. The Kier molecular flexibility index (Phi) is 4.69. The number of carbonyl (C=O) groups excluding carboxylic acids is 1. The largest absolute Gasteiger partial charge is 0.349 e. The van der Waals surface area contributed by atoms with Gasteiger partial charge in [-0.1, -0.05) is 35.5 Å². The third-order valence-electron chi connectivity index (χ3n) is 3.54. The smallest absolute Gasteiger partial charge is 0.230 e. The van der Waals surface area contributed by atoms with E-state index >= 15 is 0 Å². The fourth-order valence-electron chi connectivity index (χ4n) is 2.21. The van der Waals surface area contributed by atoms with E-state index in [2.05, 4.69) is 20.1 Å². The van der Waals surface area contributed by atoms with Gasteiger partial charge < -0.3 is 9.88 Å². The van der Waals surface area contributed by atoms with E-state index < -0.39 is 0 Å². The SMILES string of the molecule is CC(NC(=O)CSc1nncn1C1CC1)c1cccc(Cl)c1. The number of aromatic nitrogens is 3. The summed E-state index contributed by atoms with van der Waals surface area (Å²) in [6, 6.07) is 7.96. The average Bonchev–Trinajstić information content (AvgIpc) is 3.23. The van der Waals surface area contributed by atoms with Gasteiger partial charge in [0.05, 0.1) is 11.8 Å². The summed E-state index contributed by atoms with van der Waals surface area (Å²) in [6.45, 7) is 1.95. The van der Waals surface area contributed by atoms with Crippen molar-refractivity contribution in [3.05, 3.63) is 41.2 Å². The van der Waals surface area contributed by atoms with Gasteiger partial charge in [-0.05, 0) is 37.5 Å². The maximum atomic E-state index is 12.1. The standard InChI is InChI=1S/C15H17ClN4OS/c1-10(11-3-2-4-12(16)7-11)18-14(21)8-22-15-19-17-9-20(15)13-5-6-13/h2-4,7,9-10,13H,5-6,8H2,1H3,(H,18,21). The highest BCUT2D eigenvalue weighted by Gasteiger charge is 2.26. The molecule has 0 spiro atoms. The summed E-state index contributed by atoms with van der Waals surface area (Å²) in [7, 11) is 0. The van der Waals surface area contributed by atoms with Crippen molar-refractivity contribution in [3.63, 3.8) is 0 Å². The Balaban J connectivity index is 1.52. The number of hydrogen-bond donors (Lipinski definition) is 1. The normalized spacial score (nSPS) is 15.5. The van der Waals surface area contributed by atoms with Crippen LogP contribution in [0.15, 0.2) is 35.7 Å². The van der Waals surface area contributed by atoms with Crippen molar-refractivity contribution in [1.29, 1.82) is 0 Å². The Hall–Kier alpha value is -1.53. The van der Waals surface area contributed by atoms with Crippen molar-refractivity contribution in [2.45, 2.75) is 37.0 Å². The first-order valence-electron chi connectivity index (χ1n) is 7.20. The maximum absolute atomic E-state index is 12.1. The minimum absolute atomic E-state index is 0.0252. The molecule has 1 atom stereocenters. The first kappa shape index (κ1) is 15.4. The van der Waals surface area contributed by atoms with E-state index in [1.807, 2.05) is 31.2 Å². The molecule has 1 aliphatic rings. The average molecular weight is 337 g/mol. The Morgan fingerprint density at radius 3 is 3.09 bits per heavy atom. The molecule has 7 heteroatoms. The molecule has 1 N–H and O–H groups in total. The Labute approximate surface area is 138 Å². The Morgan fingerprint density at radius 1 is 1.55 bits per heavy atom. The van der Waals surface area contributed by atoms with Gasteiger partial charge in [0.25, 0.3) is 0 Å². The third-order valence-corrected chi connectivity index (χ3v) is 4.73. The van der Waals surface area contributed by atoms with E-state index in [0.717, 1.165) is 10.7 Å². The molecule has 0 aliphatic heterocycles. The lowest BCUT2D eigenvalue weighted by Crippen LogP contribution is -2.28. The predicted octanol–water partition coefficient (Wildman–Crippen LogP) is 3.24. The van der Waals surface area contributed by atoms with Gasteiger partial charge in [-0.3, -0.25) is 4.79 Å². The molecule has 116 valence electrons. The van der Waals surface area contributed by atoms with Crippen LogP contribution in [0.25, 0.3) is 0 Å². The Bertz CT molecular complexity index is 671. The summed E-state index contributed by atoms with van der Waals surface area (Å²) < 4.78 is 2.05. The summed E-state index contributed by atoms with van der Waals surface area (Å²) >= 11 is 7.39.